The third kappa shape index (κ3) is 2.77. The monoisotopic (exact) mass is 236 g/mol. The molecular formula is C11H12N2O2S. The molecule has 0 bridgehead atoms. The molecule has 0 aliphatic rings. The molecule has 0 atom stereocenters. The SMILES string of the molecule is COCc1ccc(C=Nc2nc(C)cs2)o1. The Morgan fingerprint density at radius 2 is 2.44 bits per heavy atom. The number of ether oxygens (including phenoxy) is 1. The molecular weight excluding hydrogens is 224 g/mol. The third-order valence-corrected chi connectivity index (χ3v) is 2.74. The van der Waals surface area contributed by atoms with Crippen LogP contribution in [0.25, 0.3) is 0 Å². The van der Waals surface area contributed by atoms with Gasteiger partial charge in [-0.3, -0.25) is 0 Å². The van der Waals surface area contributed by atoms with Crippen LogP contribution in [0.15, 0.2) is 26.9 Å². The maximum atomic E-state index is 5.46. The van der Waals surface area contributed by atoms with E-state index < -0.39 is 0 Å². The van der Waals surface area contributed by atoms with E-state index in [1.54, 1.807) is 13.3 Å². The first-order valence-electron chi connectivity index (χ1n) is 4.82. The van der Waals surface area contributed by atoms with Crippen molar-refractivity contribution in [1.29, 1.82) is 0 Å². The van der Waals surface area contributed by atoms with Gasteiger partial charge in [0.25, 0.3) is 0 Å². The Morgan fingerprint density at radius 1 is 1.56 bits per heavy atom. The second-order valence-electron chi connectivity index (χ2n) is 3.27. The molecule has 5 heteroatoms. The van der Waals surface area contributed by atoms with E-state index in [0.29, 0.717) is 12.4 Å². The zero-order valence-electron chi connectivity index (χ0n) is 9.14. The Hall–Kier alpha value is -1.46. The highest BCUT2D eigenvalue weighted by Crippen LogP contribution is 2.18. The Bertz CT molecular complexity index is 488. The number of nitrogens with zero attached hydrogens (tertiary/aromatic N) is 2. The van der Waals surface area contributed by atoms with Gasteiger partial charge in [0.15, 0.2) is 0 Å². The number of rotatable bonds is 4. The minimum absolute atomic E-state index is 0.476. The molecule has 16 heavy (non-hydrogen) atoms. The van der Waals surface area contributed by atoms with Crippen molar-refractivity contribution in [2.45, 2.75) is 13.5 Å². The average Bonchev–Trinajstić information content (AvgIpc) is 2.85. The number of thiazole rings is 1. The van der Waals surface area contributed by atoms with Gasteiger partial charge >= 0.3 is 0 Å². The van der Waals surface area contributed by atoms with Crippen LogP contribution in [0.2, 0.25) is 0 Å². The first-order chi connectivity index (χ1) is 7.78. The van der Waals surface area contributed by atoms with Crippen molar-refractivity contribution >= 4 is 22.7 Å². The second-order valence-corrected chi connectivity index (χ2v) is 4.10. The lowest BCUT2D eigenvalue weighted by atomic mass is 10.4. The predicted octanol–water partition coefficient (Wildman–Crippen LogP) is 2.94. The molecule has 0 aliphatic carbocycles. The molecule has 0 unspecified atom stereocenters. The molecule has 2 aromatic rings. The predicted molar refractivity (Wildman–Crippen MR) is 63.5 cm³/mol. The molecule has 0 fully saturated rings. The van der Waals surface area contributed by atoms with Crippen LogP contribution in [-0.2, 0) is 11.3 Å². The molecule has 0 amide bonds. The molecule has 0 radical (unpaired) electrons. The van der Waals surface area contributed by atoms with E-state index >= 15 is 0 Å². The van der Waals surface area contributed by atoms with Gasteiger partial charge in [0.2, 0.25) is 5.13 Å². The fraction of sp³-hybridized carbons (Fsp3) is 0.273. The Kier molecular flexibility index (Phi) is 3.48. The summed E-state index contributed by atoms with van der Waals surface area (Å²) in [7, 11) is 1.63. The normalized spacial score (nSPS) is 11.4. The van der Waals surface area contributed by atoms with E-state index in [9.17, 15) is 0 Å². The topological polar surface area (TPSA) is 47.6 Å². The molecule has 2 heterocycles. The highest BCUT2D eigenvalue weighted by Gasteiger charge is 1.99. The van der Waals surface area contributed by atoms with Gasteiger partial charge in [0, 0.05) is 12.5 Å². The van der Waals surface area contributed by atoms with Crippen molar-refractivity contribution < 1.29 is 9.15 Å². The summed E-state index contributed by atoms with van der Waals surface area (Å²) < 4.78 is 10.4. The van der Waals surface area contributed by atoms with Crippen molar-refractivity contribution in [2.24, 2.45) is 4.99 Å². The fourth-order valence-electron chi connectivity index (χ4n) is 1.20. The van der Waals surface area contributed by atoms with Crippen LogP contribution in [0.1, 0.15) is 17.2 Å². The number of furan rings is 1. The summed E-state index contributed by atoms with van der Waals surface area (Å²) in [5.74, 6) is 1.50. The Balaban J connectivity index is 2.05. The van der Waals surface area contributed by atoms with Crippen LogP contribution < -0.4 is 0 Å². The maximum absolute atomic E-state index is 5.46. The van der Waals surface area contributed by atoms with Crippen molar-refractivity contribution in [2.75, 3.05) is 7.11 Å². The van der Waals surface area contributed by atoms with Crippen molar-refractivity contribution in [3.8, 4) is 0 Å². The summed E-state index contributed by atoms with van der Waals surface area (Å²) in [6, 6.07) is 3.73. The van der Waals surface area contributed by atoms with E-state index in [2.05, 4.69) is 9.98 Å². The maximum Gasteiger partial charge on any atom is 0.209 e. The third-order valence-electron chi connectivity index (χ3n) is 1.88. The van der Waals surface area contributed by atoms with Crippen LogP contribution in [0.3, 0.4) is 0 Å². The fourth-order valence-corrected chi connectivity index (χ4v) is 1.84. The number of hydrogen-bond donors (Lipinski definition) is 0. The van der Waals surface area contributed by atoms with E-state index in [1.165, 1.54) is 11.3 Å². The van der Waals surface area contributed by atoms with Crippen molar-refractivity contribution in [3.05, 3.63) is 34.7 Å². The van der Waals surface area contributed by atoms with Gasteiger partial charge in [-0.15, -0.1) is 11.3 Å². The largest absolute Gasteiger partial charge is 0.458 e. The summed E-state index contributed by atoms with van der Waals surface area (Å²) in [6.45, 7) is 2.42. The van der Waals surface area contributed by atoms with E-state index in [1.807, 2.05) is 24.4 Å². The lowest BCUT2D eigenvalue weighted by Gasteiger charge is -1.91. The Morgan fingerprint density at radius 3 is 3.12 bits per heavy atom. The summed E-state index contributed by atoms with van der Waals surface area (Å²) in [4.78, 5) is 8.44. The smallest absolute Gasteiger partial charge is 0.209 e. The number of hydrogen-bond acceptors (Lipinski definition) is 5. The van der Waals surface area contributed by atoms with Crippen LogP contribution in [0.4, 0.5) is 5.13 Å². The summed E-state index contributed by atoms with van der Waals surface area (Å²) in [6.07, 6.45) is 1.66. The highest BCUT2D eigenvalue weighted by molar-refractivity contribution is 7.13. The molecule has 0 spiro atoms. The van der Waals surface area contributed by atoms with Crippen molar-refractivity contribution in [3.63, 3.8) is 0 Å². The van der Waals surface area contributed by atoms with Crippen molar-refractivity contribution in [1.82, 2.24) is 4.98 Å². The molecule has 0 saturated carbocycles. The number of aromatic nitrogens is 1. The average molecular weight is 236 g/mol. The molecule has 0 saturated heterocycles. The molecule has 84 valence electrons. The molecule has 4 nitrogen and oxygen atoms in total. The first-order valence-corrected chi connectivity index (χ1v) is 5.70. The standard InChI is InChI=1S/C11H12N2O2S/c1-8-7-16-11(13-8)12-5-9-3-4-10(15-9)6-14-2/h3-5,7H,6H2,1-2H3. The van der Waals surface area contributed by atoms with Gasteiger partial charge < -0.3 is 9.15 Å². The number of methoxy groups -OCH3 is 1. The van der Waals surface area contributed by atoms with Gasteiger partial charge in [0.05, 0.1) is 11.9 Å². The second kappa shape index (κ2) is 5.05. The Labute approximate surface area is 97.6 Å². The molecule has 2 rings (SSSR count). The van der Waals surface area contributed by atoms with Crippen LogP contribution in [0.5, 0.6) is 0 Å². The van der Waals surface area contributed by atoms with Gasteiger partial charge in [-0.2, -0.15) is 0 Å². The minimum atomic E-state index is 0.476. The van der Waals surface area contributed by atoms with Gasteiger partial charge in [-0.1, -0.05) is 0 Å². The zero-order valence-corrected chi connectivity index (χ0v) is 9.95. The van der Waals surface area contributed by atoms with E-state index in [4.69, 9.17) is 9.15 Å². The lowest BCUT2D eigenvalue weighted by Crippen LogP contribution is -1.82. The van der Waals surface area contributed by atoms with Crippen LogP contribution >= 0.6 is 11.3 Å². The van der Waals surface area contributed by atoms with E-state index in [-0.39, 0.29) is 0 Å². The molecule has 0 aliphatic heterocycles. The molecule has 0 N–H and O–H groups in total. The molecule has 2 aromatic heterocycles. The summed E-state index contributed by atoms with van der Waals surface area (Å²) in [5.41, 5.74) is 0.983. The van der Waals surface area contributed by atoms with E-state index in [0.717, 1.165) is 16.6 Å². The van der Waals surface area contributed by atoms with Gasteiger partial charge in [0.1, 0.15) is 18.1 Å². The quantitative estimate of drug-likeness (QED) is 0.767. The zero-order chi connectivity index (χ0) is 11.4. The highest BCUT2D eigenvalue weighted by atomic mass is 32.1. The lowest BCUT2D eigenvalue weighted by molar-refractivity contribution is 0.164. The van der Waals surface area contributed by atoms with Gasteiger partial charge in [-0.25, -0.2) is 9.98 Å². The van der Waals surface area contributed by atoms with Crippen LogP contribution in [-0.4, -0.2) is 18.3 Å². The summed E-state index contributed by atoms with van der Waals surface area (Å²) in [5, 5.41) is 2.70. The summed E-state index contributed by atoms with van der Waals surface area (Å²) >= 11 is 1.51. The number of aryl methyl sites for hydroxylation is 1. The van der Waals surface area contributed by atoms with Gasteiger partial charge in [-0.05, 0) is 19.1 Å². The van der Waals surface area contributed by atoms with Crippen LogP contribution in [0, 0.1) is 6.92 Å². The minimum Gasteiger partial charge on any atom is -0.458 e. The first kappa shape index (κ1) is 11.0. The number of aliphatic imine (C=N–C) groups is 1. The molecule has 0 aromatic carbocycles.